The summed E-state index contributed by atoms with van der Waals surface area (Å²) in [7, 11) is 0. The molecule has 0 aromatic carbocycles. The number of hydrogen-bond acceptors (Lipinski definition) is 5. The van der Waals surface area contributed by atoms with E-state index in [9.17, 15) is 4.79 Å². The SMILES string of the molecule is CC(CN1CCOCC1)NC(=O)C1(N)CCOC1. The topological polar surface area (TPSA) is 76.8 Å². The van der Waals surface area contributed by atoms with E-state index in [0.29, 0.717) is 19.6 Å². The Hall–Kier alpha value is -0.690. The lowest BCUT2D eigenvalue weighted by atomic mass is 9.99. The molecule has 2 heterocycles. The summed E-state index contributed by atoms with van der Waals surface area (Å²) in [6.07, 6.45) is 0.600. The molecule has 6 heteroatoms. The average molecular weight is 257 g/mol. The minimum absolute atomic E-state index is 0.0941. The number of morpholine rings is 1. The monoisotopic (exact) mass is 257 g/mol. The summed E-state index contributed by atoms with van der Waals surface area (Å²) in [5.41, 5.74) is 5.18. The first-order valence-corrected chi connectivity index (χ1v) is 6.58. The van der Waals surface area contributed by atoms with Gasteiger partial charge in [-0.3, -0.25) is 9.69 Å². The molecule has 104 valence electrons. The summed E-state index contributed by atoms with van der Waals surface area (Å²) in [5.74, 6) is -0.0965. The average Bonchev–Trinajstić information content (AvgIpc) is 2.78. The number of rotatable bonds is 4. The predicted octanol–water partition coefficient (Wildman–Crippen LogP) is -1.06. The van der Waals surface area contributed by atoms with E-state index in [1.54, 1.807) is 0 Å². The molecular weight excluding hydrogens is 234 g/mol. The third kappa shape index (κ3) is 3.41. The number of hydrogen-bond donors (Lipinski definition) is 2. The second-order valence-electron chi connectivity index (χ2n) is 5.25. The molecular formula is C12H23N3O3. The lowest BCUT2D eigenvalue weighted by Crippen LogP contribution is -2.58. The first-order chi connectivity index (χ1) is 8.60. The molecule has 0 radical (unpaired) electrons. The van der Waals surface area contributed by atoms with Gasteiger partial charge in [0.15, 0.2) is 0 Å². The molecule has 0 spiro atoms. The minimum atomic E-state index is -0.834. The van der Waals surface area contributed by atoms with Crippen LogP contribution < -0.4 is 11.1 Å². The maximum atomic E-state index is 12.1. The van der Waals surface area contributed by atoms with Gasteiger partial charge in [0.1, 0.15) is 5.54 Å². The van der Waals surface area contributed by atoms with Gasteiger partial charge in [-0.1, -0.05) is 0 Å². The van der Waals surface area contributed by atoms with Gasteiger partial charge in [0.2, 0.25) is 5.91 Å². The van der Waals surface area contributed by atoms with E-state index in [1.807, 2.05) is 6.92 Å². The zero-order valence-electron chi connectivity index (χ0n) is 11.0. The molecule has 0 aromatic heterocycles. The normalized spacial score (nSPS) is 31.2. The summed E-state index contributed by atoms with van der Waals surface area (Å²) in [5, 5.41) is 2.98. The molecule has 2 unspecified atom stereocenters. The maximum absolute atomic E-state index is 12.1. The Morgan fingerprint density at radius 1 is 1.39 bits per heavy atom. The third-order valence-corrected chi connectivity index (χ3v) is 3.52. The first kappa shape index (κ1) is 13.7. The standard InChI is InChI=1S/C12H23N3O3/c1-10(8-15-3-6-17-7-4-15)14-11(16)12(13)2-5-18-9-12/h10H,2-9,13H2,1H3,(H,14,16). The van der Waals surface area contributed by atoms with Gasteiger partial charge < -0.3 is 20.5 Å². The molecule has 2 aliphatic heterocycles. The lowest BCUT2D eigenvalue weighted by Gasteiger charge is -2.30. The number of carbonyl (C=O) groups excluding carboxylic acids is 1. The van der Waals surface area contributed by atoms with Gasteiger partial charge in [0.25, 0.3) is 0 Å². The van der Waals surface area contributed by atoms with Crippen LogP contribution >= 0.6 is 0 Å². The van der Waals surface area contributed by atoms with Crippen molar-refractivity contribution in [3.8, 4) is 0 Å². The highest BCUT2D eigenvalue weighted by Gasteiger charge is 2.38. The third-order valence-electron chi connectivity index (χ3n) is 3.52. The van der Waals surface area contributed by atoms with Gasteiger partial charge in [-0.05, 0) is 13.3 Å². The van der Waals surface area contributed by atoms with Crippen molar-refractivity contribution in [1.82, 2.24) is 10.2 Å². The fourth-order valence-corrected chi connectivity index (χ4v) is 2.34. The van der Waals surface area contributed by atoms with Crippen LogP contribution in [0.3, 0.4) is 0 Å². The first-order valence-electron chi connectivity index (χ1n) is 6.58. The summed E-state index contributed by atoms with van der Waals surface area (Å²) < 4.78 is 10.5. The molecule has 2 rings (SSSR count). The van der Waals surface area contributed by atoms with Gasteiger partial charge in [-0.15, -0.1) is 0 Å². The molecule has 2 aliphatic rings. The van der Waals surface area contributed by atoms with Crippen LogP contribution in [0.2, 0.25) is 0 Å². The van der Waals surface area contributed by atoms with Crippen molar-refractivity contribution in [2.45, 2.75) is 24.9 Å². The van der Waals surface area contributed by atoms with Crippen LogP contribution in [-0.2, 0) is 14.3 Å². The van der Waals surface area contributed by atoms with Crippen LogP contribution in [0.5, 0.6) is 0 Å². The van der Waals surface area contributed by atoms with Gasteiger partial charge in [0.05, 0.1) is 19.8 Å². The van der Waals surface area contributed by atoms with Gasteiger partial charge in [0, 0.05) is 32.3 Å². The fraction of sp³-hybridized carbons (Fsp3) is 0.917. The van der Waals surface area contributed by atoms with E-state index in [4.69, 9.17) is 15.2 Å². The Bertz CT molecular complexity index is 286. The van der Waals surface area contributed by atoms with Gasteiger partial charge in [-0.25, -0.2) is 0 Å². The number of amides is 1. The maximum Gasteiger partial charge on any atom is 0.242 e. The Morgan fingerprint density at radius 3 is 2.72 bits per heavy atom. The van der Waals surface area contributed by atoms with E-state index in [2.05, 4.69) is 10.2 Å². The Balaban J connectivity index is 1.76. The van der Waals surface area contributed by atoms with Gasteiger partial charge in [-0.2, -0.15) is 0 Å². The molecule has 1 amide bonds. The van der Waals surface area contributed by atoms with Crippen molar-refractivity contribution in [3.05, 3.63) is 0 Å². The van der Waals surface area contributed by atoms with Crippen molar-refractivity contribution < 1.29 is 14.3 Å². The second kappa shape index (κ2) is 5.97. The van der Waals surface area contributed by atoms with Crippen molar-refractivity contribution in [1.29, 1.82) is 0 Å². The zero-order chi connectivity index (χ0) is 13.0. The largest absolute Gasteiger partial charge is 0.379 e. The van der Waals surface area contributed by atoms with Crippen LogP contribution in [0.4, 0.5) is 0 Å². The van der Waals surface area contributed by atoms with E-state index in [1.165, 1.54) is 0 Å². The number of carbonyl (C=O) groups is 1. The number of ether oxygens (including phenoxy) is 2. The summed E-state index contributed by atoms with van der Waals surface area (Å²) in [6.45, 7) is 7.14. The smallest absolute Gasteiger partial charge is 0.242 e. The Kier molecular flexibility index (Phi) is 4.55. The molecule has 0 bridgehead atoms. The quantitative estimate of drug-likeness (QED) is 0.671. The van der Waals surface area contributed by atoms with E-state index >= 15 is 0 Å². The van der Waals surface area contributed by atoms with Crippen LogP contribution in [0.1, 0.15) is 13.3 Å². The Morgan fingerprint density at radius 2 is 2.11 bits per heavy atom. The number of nitrogens with zero attached hydrogens (tertiary/aromatic N) is 1. The van der Waals surface area contributed by atoms with Gasteiger partial charge >= 0.3 is 0 Å². The minimum Gasteiger partial charge on any atom is -0.379 e. The molecule has 2 fully saturated rings. The zero-order valence-corrected chi connectivity index (χ0v) is 11.0. The Labute approximate surface area is 108 Å². The molecule has 0 aromatic rings. The molecule has 0 aliphatic carbocycles. The summed E-state index contributed by atoms with van der Waals surface area (Å²) >= 11 is 0. The van der Waals surface area contributed by atoms with Crippen LogP contribution in [0.25, 0.3) is 0 Å². The highest BCUT2D eigenvalue weighted by molar-refractivity contribution is 5.86. The van der Waals surface area contributed by atoms with Crippen molar-refractivity contribution >= 4 is 5.91 Å². The van der Waals surface area contributed by atoms with E-state index < -0.39 is 5.54 Å². The summed E-state index contributed by atoms with van der Waals surface area (Å²) in [6, 6.07) is 0.0941. The highest BCUT2D eigenvalue weighted by Crippen LogP contribution is 2.15. The molecule has 18 heavy (non-hydrogen) atoms. The summed E-state index contributed by atoms with van der Waals surface area (Å²) in [4.78, 5) is 14.4. The van der Waals surface area contributed by atoms with Crippen molar-refractivity contribution in [2.75, 3.05) is 46.1 Å². The second-order valence-corrected chi connectivity index (χ2v) is 5.25. The van der Waals surface area contributed by atoms with Crippen molar-refractivity contribution in [3.63, 3.8) is 0 Å². The van der Waals surface area contributed by atoms with Crippen molar-refractivity contribution in [2.24, 2.45) is 5.73 Å². The number of nitrogens with one attached hydrogen (secondary N) is 1. The highest BCUT2D eigenvalue weighted by atomic mass is 16.5. The molecule has 2 atom stereocenters. The molecule has 0 saturated carbocycles. The van der Waals surface area contributed by atoms with Crippen LogP contribution in [-0.4, -0.2) is 68.4 Å². The lowest BCUT2D eigenvalue weighted by molar-refractivity contribution is -0.127. The van der Waals surface area contributed by atoms with Crippen LogP contribution in [0, 0.1) is 0 Å². The van der Waals surface area contributed by atoms with E-state index in [-0.39, 0.29) is 11.9 Å². The van der Waals surface area contributed by atoms with Crippen LogP contribution in [0.15, 0.2) is 0 Å². The molecule has 6 nitrogen and oxygen atoms in total. The molecule has 2 saturated heterocycles. The predicted molar refractivity (Wildman–Crippen MR) is 67.2 cm³/mol. The fourth-order valence-electron chi connectivity index (χ4n) is 2.34. The molecule has 3 N–H and O–H groups in total. The van der Waals surface area contributed by atoms with E-state index in [0.717, 1.165) is 32.8 Å². The number of nitrogens with two attached hydrogens (primary N) is 1.